The molecule has 5 nitrogen and oxygen atoms in total. The van der Waals surface area contributed by atoms with Gasteiger partial charge in [0.05, 0.1) is 25.1 Å². The second kappa shape index (κ2) is 4.54. The Kier molecular flexibility index (Phi) is 3.38. The summed E-state index contributed by atoms with van der Waals surface area (Å²) in [5.74, 6) is -0.110. The van der Waals surface area contributed by atoms with E-state index < -0.39 is 5.97 Å². The molecule has 4 N–H and O–H groups in total. The SMILES string of the molecule is CCOc1cc(N)c(N)cc1C(=O)OC. The Bertz CT molecular complexity index is 377. The van der Waals surface area contributed by atoms with Gasteiger partial charge in [0.25, 0.3) is 0 Å². The smallest absolute Gasteiger partial charge is 0.341 e. The summed E-state index contributed by atoms with van der Waals surface area (Å²) < 4.78 is 9.86. The van der Waals surface area contributed by atoms with Gasteiger partial charge < -0.3 is 20.9 Å². The van der Waals surface area contributed by atoms with Crippen LogP contribution in [0.15, 0.2) is 12.1 Å². The fourth-order valence-electron chi connectivity index (χ4n) is 1.16. The van der Waals surface area contributed by atoms with Crippen LogP contribution in [0, 0.1) is 0 Å². The minimum absolute atomic E-state index is 0.283. The van der Waals surface area contributed by atoms with Crippen LogP contribution in [0.25, 0.3) is 0 Å². The van der Waals surface area contributed by atoms with Gasteiger partial charge in [-0.2, -0.15) is 0 Å². The summed E-state index contributed by atoms with van der Waals surface area (Å²) >= 11 is 0. The van der Waals surface area contributed by atoms with Crippen molar-refractivity contribution in [3.8, 4) is 5.75 Å². The summed E-state index contributed by atoms with van der Waals surface area (Å²) in [6.07, 6.45) is 0. The average Bonchev–Trinajstić information content (AvgIpc) is 2.22. The molecule has 0 aliphatic rings. The number of methoxy groups -OCH3 is 1. The topological polar surface area (TPSA) is 87.6 Å². The first kappa shape index (κ1) is 11.2. The van der Waals surface area contributed by atoms with Gasteiger partial charge in [0.2, 0.25) is 0 Å². The van der Waals surface area contributed by atoms with E-state index in [2.05, 4.69) is 4.74 Å². The molecular formula is C10H14N2O3. The summed E-state index contributed by atoms with van der Waals surface area (Å²) in [4.78, 5) is 11.4. The number of anilines is 2. The molecule has 1 rings (SSSR count). The van der Waals surface area contributed by atoms with Crippen LogP contribution in [0.3, 0.4) is 0 Å². The molecule has 0 bridgehead atoms. The standard InChI is InChI=1S/C10H14N2O3/c1-3-15-9-5-8(12)7(11)4-6(9)10(13)14-2/h4-5H,3,11-12H2,1-2H3. The van der Waals surface area contributed by atoms with Gasteiger partial charge in [-0.15, -0.1) is 0 Å². The molecule has 0 aliphatic carbocycles. The molecule has 0 saturated heterocycles. The minimum Gasteiger partial charge on any atom is -0.493 e. The van der Waals surface area contributed by atoms with Crippen molar-refractivity contribution >= 4 is 17.3 Å². The van der Waals surface area contributed by atoms with E-state index in [1.54, 1.807) is 0 Å². The van der Waals surface area contributed by atoms with Gasteiger partial charge in [0.1, 0.15) is 11.3 Å². The van der Waals surface area contributed by atoms with E-state index in [9.17, 15) is 4.79 Å². The van der Waals surface area contributed by atoms with Crippen LogP contribution in [-0.2, 0) is 4.74 Å². The van der Waals surface area contributed by atoms with Gasteiger partial charge in [-0.05, 0) is 13.0 Å². The molecule has 0 spiro atoms. The Morgan fingerprint density at radius 2 is 1.93 bits per heavy atom. The lowest BCUT2D eigenvalue weighted by Crippen LogP contribution is -2.08. The highest BCUT2D eigenvalue weighted by molar-refractivity contribution is 5.95. The third-order valence-electron chi connectivity index (χ3n) is 1.89. The normalized spacial score (nSPS) is 9.73. The molecule has 0 radical (unpaired) electrons. The number of nitrogens with two attached hydrogens (primary N) is 2. The van der Waals surface area contributed by atoms with Crippen molar-refractivity contribution < 1.29 is 14.3 Å². The Balaban J connectivity index is 3.21. The van der Waals surface area contributed by atoms with Crippen LogP contribution in [0.4, 0.5) is 11.4 Å². The van der Waals surface area contributed by atoms with Gasteiger partial charge in [-0.3, -0.25) is 0 Å². The highest BCUT2D eigenvalue weighted by Gasteiger charge is 2.15. The molecule has 0 atom stereocenters. The number of nitrogen functional groups attached to an aromatic ring is 2. The number of hydrogen-bond acceptors (Lipinski definition) is 5. The first-order chi connectivity index (χ1) is 7.10. The molecule has 0 aliphatic heterocycles. The van der Waals surface area contributed by atoms with Crippen LogP contribution < -0.4 is 16.2 Å². The molecule has 1 aromatic rings. The monoisotopic (exact) mass is 210 g/mol. The van der Waals surface area contributed by atoms with Crippen LogP contribution in [-0.4, -0.2) is 19.7 Å². The Morgan fingerprint density at radius 3 is 2.47 bits per heavy atom. The Hall–Kier alpha value is -1.91. The zero-order valence-electron chi connectivity index (χ0n) is 8.74. The van der Waals surface area contributed by atoms with Gasteiger partial charge >= 0.3 is 5.97 Å². The van der Waals surface area contributed by atoms with E-state index in [0.29, 0.717) is 23.7 Å². The van der Waals surface area contributed by atoms with Gasteiger partial charge in [0, 0.05) is 6.07 Å². The van der Waals surface area contributed by atoms with Gasteiger partial charge in [0.15, 0.2) is 0 Å². The van der Waals surface area contributed by atoms with Crippen molar-refractivity contribution in [3.05, 3.63) is 17.7 Å². The second-order valence-corrected chi connectivity index (χ2v) is 2.90. The van der Waals surface area contributed by atoms with Crippen molar-refractivity contribution in [3.63, 3.8) is 0 Å². The van der Waals surface area contributed by atoms with E-state index in [1.807, 2.05) is 6.92 Å². The average molecular weight is 210 g/mol. The summed E-state index contributed by atoms with van der Waals surface area (Å²) in [7, 11) is 1.30. The third kappa shape index (κ3) is 2.31. The maximum atomic E-state index is 11.4. The first-order valence-electron chi connectivity index (χ1n) is 4.50. The fourth-order valence-corrected chi connectivity index (χ4v) is 1.16. The number of hydrogen-bond donors (Lipinski definition) is 2. The number of ether oxygens (including phenoxy) is 2. The van der Waals surface area contributed by atoms with E-state index in [1.165, 1.54) is 19.2 Å². The van der Waals surface area contributed by atoms with E-state index in [4.69, 9.17) is 16.2 Å². The van der Waals surface area contributed by atoms with E-state index >= 15 is 0 Å². The number of esters is 1. The molecule has 0 saturated carbocycles. The number of carbonyl (C=O) groups excluding carboxylic acids is 1. The zero-order chi connectivity index (χ0) is 11.4. The maximum Gasteiger partial charge on any atom is 0.341 e. The molecular weight excluding hydrogens is 196 g/mol. The molecule has 5 heteroatoms. The lowest BCUT2D eigenvalue weighted by Gasteiger charge is -2.11. The molecule has 82 valence electrons. The number of benzene rings is 1. The maximum absolute atomic E-state index is 11.4. The number of rotatable bonds is 3. The summed E-state index contributed by atoms with van der Waals surface area (Å²) in [5, 5.41) is 0. The largest absolute Gasteiger partial charge is 0.493 e. The van der Waals surface area contributed by atoms with Crippen molar-refractivity contribution in [2.24, 2.45) is 0 Å². The molecule has 15 heavy (non-hydrogen) atoms. The lowest BCUT2D eigenvalue weighted by molar-refractivity contribution is 0.0596. The molecule has 0 heterocycles. The molecule has 0 fully saturated rings. The molecule has 0 aromatic heterocycles. The van der Waals surface area contributed by atoms with E-state index in [0.717, 1.165) is 0 Å². The quantitative estimate of drug-likeness (QED) is 0.574. The van der Waals surface area contributed by atoms with Crippen LogP contribution in [0.5, 0.6) is 5.75 Å². The number of carbonyl (C=O) groups is 1. The van der Waals surface area contributed by atoms with Crippen LogP contribution in [0.2, 0.25) is 0 Å². The Morgan fingerprint density at radius 1 is 1.33 bits per heavy atom. The first-order valence-corrected chi connectivity index (χ1v) is 4.50. The van der Waals surface area contributed by atoms with Crippen LogP contribution >= 0.6 is 0 Å². The molecule has 0 amide bonds. The van der Waals surface area contributed by atoms with Gasteiger partial charge in [-0.25, -0.2) is 4.79 Å². The Labute approximate surface area is 88.0 Å². The summed E-state index contributed by atoms with van der Waals surface area (Å²) in [5.41, 5.74) is 12.2. The zero-order valence-corrected chi connectivity index (χ0v) is 8.74. The van der Waals surface area contributed by atoms with Crippen molar-refractivity contribution in [1.82, 2.24) is 0 Å². The van der Waals surface area contributed by atoms with Crippen molar-refractivity contribution in [2.45, 2.75) is 6.92 Å². The summed E-state index contributed by atoms with van der Waals surface area (Å²) in [6.45, 7) is 2.25. The fraction of sp³-hybridized carbons (Fsp3) is 0.300. The third-order valence-corrected chi connectivity index (χ3v) is 1.89. The lowest BCUT2D eigenvalue weighted by atomic mass is 10.1. The summed E-state index contributed by atoms with van der Waals surface area (Å²) in [6, 6.07) is 2.97. The van der Waals surface area contributed by atoms with Crippen molar-refractivity contribution in [1.29, 1.82) is 0 Å². The highest BCUT2D eigenvalue weighted by atomic mass is 16.5. The van der Waals surface area contributed by atoms with Gasteiger partial charge in [-0.1, -0.05) is 0 Å². The predicted octanol–water partition coefficient (Wildman–Crippen LogP) is 1.04. The predicted molar refractivity (Wildman–Crippen MR) is 57.8 cm³/mol. The molecule has 0 unspecified atom stereocenters. The second-order valence-electron chi connectivity index (χ2n) is 2.90. The molecule has 1 aromatic carbocycles. The van der Waals surface area contributed by atoms with Crippen LogP contribution in [0.1, 0.15) is 17.3 Å². The highest BCUT2D eigenvalue weighted by Crippen LogP contribution is 2.27. The van der Waals surface area contributed by atoms with Crippen molar-refractivity contribution in [2.75, 3.05) is 25.2 Å². The van der Waals surface area contributed by atoms with E-state index in [-0.39, 0.29) is 5.56 Å². The minimum atomic E-state index is -0.495.